The topological polar surface area (TPSA) is 98.9 Å². The van der Waals surface area contributed by atoms with E-state index in [1.165, 1.54) is 44.4 Å². The molecule has 0 aliphatic rings. The molecule has 7 nitrogen and oxygen atoms in total. The van der Waals surface area contributed by atoms with E-state index in [1.54, 1.807) is 0 Å². The Hall–Kier alpha value is -2.65. The standard InChI is InChI=1S/C17H19FN2O5S/c1-20(2)26(22,23)14-6-4-13(5-7-14)24-9-10-25-17(21)15-8-3-12(18)11-16(15)19/h3-8,11H,9-10,19H2,1-2H3. The third kappa shape index (κ3) is 4.70. The first-order valence-corrected chi connectivity index (χ1v) is 9.03. The molecule has 0 fully saturated rings. The first-order valence-electron chi connectivity index (χ1n) is 7.59. The van der Waals surface area contributed by atoms with Crippen LogP contribution in [0.15, 0.2) is 47.4 Å². The van der Waals surface area contributed by atoms with Crippen LogP contribution in [-0.4, -0.2) is 46.0 Å². The first-order chi connectivity index (χ1) is 12.2. The smallest absolute Gasteiger partial charge is 0.340 e. The van der Waals surface area contributed by atoms with Gasteiger partial charge in [0.25, 0.3) is 0 Å². The van der Waals surface area contributed by atoms with Gasteiger partial charge in [0.05, 0.1) is 10.5 Å². The van der Waals surface area contributed by atoms with Crippen molar-refractivity contribution < 1.29 is 27.1 Å². The van der Waals surface area contributed by atoms with Gasteiger partial charge in [0.2, 0.25) is 10.0 Å². The Labute approximate surface area is 151 Å². The maximum atomic E-state index is 13.0. The quantitative estimate of drug-likeness (QED) is 0.446. The molecule has 0 spiro atoms. The predicted molar refractivity (Wildman–Crippen MR) is 93.9 cm³/mol. The SMILES string of the molecule is CN(C)S(=O)(=O)c1ccc(OCCOC(=O)c2ccc(F)cc2N)cc1. The predicted octanol–water partition coefficient (Wildman–Crippen LogP) is 1.89. The lowest BCUT2D eigenvalue weighted by atomic mass is 10.2. The molecule has 0 radical (unpaired) electrons. The number of benzene rings is 2. The molecule has 26 heavy (non-hydrogen) atoms. The number of sulfonamides is 1. The summed E-state index contributed by atoms with van der Waals surface area (Å²) in [4.78, 5) is 12.0. The van der Waals surface area contributed by atoms with Gasteiger partial charge in [0, 0.05) is 19.8 Å². The maximum absolute atomic E-state index is 13.0. The van der Waals surface area contributed by atoms with Gasteiger partial charge in [0.1, 0.15) is 24.8 Å². The molecule has 0 saturated carbocycles. The average molecular weight is 382 g/mol. The summed E-state index contributed by atoms with van der Waals surface area (Å²) in [6, 6.07) is 9.28. The van der Waals surface area contributed by atoms with Gasteiger partial charge < -0.3 is 15.2 Å². The second-order valence-corrected chi connectivity index (χ2v) is 7.63. The molecule has 0 atom stereocenters. The fourth-order valence-electron chi connectivity index (χ4n) is 2.01. The number of nitrogen functional groups attached to an aromatic ring is 1. The van der Waals surface area contributed by atoms with E-state index >= 15 is 0 Å². The van der Waals surface area contributed by atoms with E-state index in [0.29, 0.717) is 5.75 Å². The molecular weight excluding hydrogens is 363 g/mol. The molecule has 9 heteroatoms. The van der Waals surface area contributed by atoms with Crippen LogP contribution in [0.2, 0.25) is 0 Å². The van der Waals surface area contributed by atoms with E-state index in [4.69, 9.17) is 15.2 Å². The van der Waals surface area contributed by atoms with Gasteiger partial charge in [-0.05, 0) is 42.5 Å². The lowest BCUT2D eigenvalue weighted by Crippen LogP contribution is -2.22. The minimum Gasteiger partial charge on any atom is -0.490 e. The summed E-state index contributed by atoms with van der Waals surface area (Å²) in [7, 11) is -0.605. The van der Waals surface area contributed by atoms with Crippen molar-refractivity contribution in [2.24, 2.45) is 0 Å². The summed E-state index contributed by atoms with van der Waals surface area (Å²) in [5, 5.41) is 0. The van der Waals surface area contributed by atoms with Gasteiger partial charge in [-0.15, -0.1) is 0 Å². The third-order valence-electron chi connectivity index (χ3n) is 3.42. The van der Waals surface area contributed by atoms with Crippen molar-refractivity contribution in [3.05, 3.63) is 53.8 Å². The summed E-state index contributed by atoms with van der Waals surface area (Å²) < 4.78 is 48.4. The van der Waals surface area contributed by atoms with Crippen molar-refractivity contribution in [2.45, 2.75) is 4.90 Å². The largest absolute Gasteiger partial charge is 0.490 e. The van der Waals surface area contributed by atoms with Crippen molar-refractivity contribution in [3.8, 4) is 5.75 Å². The Balaban J connectivity index is 1.85. The van der Waals surface area contributed by atoms with Gasteiger partial charge in [-0.3, -0.25) is 0 Å². The highest BCUT2D eigenvalue weighted by Gasteiger charge is 2.16. The van der Waals surface area contributed by atoms with E-state index in [0.717, 1.165) is 16.4 Å². The van der Waals surface area contributed by atoms with Crippen LogP contribution in [0.1, 0.15) is 10.4 Å². The van der Waals surface area contributed by atoms with E-state index in [1.807, 2.05) is 0 Å². The van der Waals surface area contributed by atoms with Crippen LogP contribution in [-0.2, 0) is 14.8 Å². The van der Waals surface area contributed by atoms with Crippen LogP contribution in [0.3, 0.4) is 0 Å². The average Bonchev–Trinajstić information content (AvgIpc) is 2.58. The fraction of sp³-hybridized carbons (Fsp3) is 0.235. The summed E-state index contributed by atoms with van der Waals surface area (Å²) in [5.41, 5.74) is 5.63. The molecule has 0 heterocycles. The Morgan fingerprint density at radius 2 is 1.77 bits per heavy atom. The lowest BCUT2D eigenvalue weighted by Gasteiger charge is -2.12. The number of hydrogen-bond donors (Lipinski definition) is 1. The second kappa shape index (κ2) is 8.15. The number of ether oxygens (including phenoxy) is 2. The molecular formula is C17H19FN2O5S. The Bertz CT molecular complexity index is 883. The van der Waals surface area contributed by atoms with Crippen molar-refractivity contribution >= 4 is 21.7 Å². The zero-order valence-electron chi connectivity index (χ0n) is 14.3. The monoisotopic (exact) mass is 382 g/mol. The molecule has 0 aromatic heterocycles. The minimum absolute atomic E-state index is 0.00592. The number of nitrogens with two attached hydrogens (primary N) is 1. The second-order valence-electron chi connectivity index (χ2n) is 5.47. The zero-order chi connectivity index (χ0) is 19.3. The third-order valence-corrected chi connectivity index (χ3v) is 5.25. The minimum atomic E-state index is -3.50. The number of carbonyl (C=O) groups is 1. The number of esters is 1. The fourth-order valence-corrected chi connectivity index (χ4v) is 2.91. The molecule has 2 N–H and O–H groups in total. The van der Waals surface area contributed by atoms with Crippen LogP contribution in [0.5, 0.6) is 5.75 Å². The van der Waals surface area contributed by atoms with Crippen molar-refractivity contribution in [1.82, 2.24) is 4.31 Å². The van der Waals surface area contributed by atoms with E-state index in [2.05, 4.69) is 0 Å². The maximum Gasteiger partial charge on any atom is 0.340 e. The number of halogens is 1. The lowest BCUT2D eigenvalue weighted by molar-refractivity contribution is 0.0451. The number of hydrogen-bond acceptors (Lipinski definition) is 6. The molecule has 0 unspecified atom stereocenters. The Morgan fingerprint density at radius 3 is 2.35 bits per heavy atom. The van der Waals surface area contributed by atoms with Crippen LogP contribution >= 0.6 is 0 Å². The molecule has 2 aromatic carbocycles. The summed E-state index contributed by atoms with van der Waals surface area (Å²) in [6.45, 7) is 0.0139. The molecule has 0 bridgehead atoms. The first kappa shape index (κ1) is 19.7. The highest BCUT2D eigenvalue weighted by molar-refractivity contribution is 7.89. The van der Waals surface area contributed by atoms with Crippen molar-refractivity contribution in [3.63, 3.8) is 0 Å². The number of nitrogens with zero attached hydrogens (tertiary/aromatic N) is 1. The highest BCUT2D eigenvalue weighted by Crippen LogP contribution is 2.18. The summed E-state index contributed by atoms with van der Waals surface area (Å²) >= 11 is 0. The molecule has 0 aliphatic heterocycles. The van der Waals surface area contributed by atoms with Gasteiger partial charge in [-0.1, -0.05) is 0 Å². The van der Waals surface area contributed by atoms with Crippen LogP contribution in [0.25, 0.3) is 0 Å². The molecule has 2 aromatic rings. The van der Waals surface area contributed by atoms with Gasteiger partial charge in [0.15, 0.2) is 0 Å². The zero-order valence-corrected chi connectivity index (χ0v) is 15.1. The van der Waals surface area contributed by atoms with Crippen LogP contribution < -0.4 is 10.5 Å². The molecule has 0 aliphatic carbocycles. The van der Waals surface area contributed by atoms with Crippen molar-refractivity contribution in [2.75, 3.05) is 33.0 Å². The summed E-state index contributed by atoms with van der Waals surface area (Å²) in [5.74, 6) is -0.791. The van der Waals surface area contributed by atoms with Crippen molar-refractivity contribution in [1.29, 1.82) is 0 Å². The number of anilines is 1. The highest BCUT2D eigenvalue weighted by atomic mass is 32.2. The van der Waals surface area contributed by atoms with Gasteiger partial charge in [-0.2, -0.15) is 0 Å². The molecule has 0 amide bonds. The summed E-state index contributed by atoms with van der Waals surface area (Å²) in [6.07, 6.45) is 0. The molecule has 140 valence electrons. The van der Waals surface area contributed by atoms with Crippen LogP contribution in [0.4, 0.5) is 10.1 Å². The number of carbonyl (C=O) groups excluding carboxylic acids is 1. The molecule has 0 saturated heterocycles. The van der Waals surface area contributed by atoms with Crippen LogP contribution in [0, 0.1) is 5.82 Å². The van der Waals surface area contributed by atoms with E-state index < -0.39 is 21.8 Å². The Kier molecular flexibility index (Phi) is 6.17. The Morgan fingerprint density at radius 1 is 1.12 bits per heavy atom. The van der Waals surface area contributed by atoms with E-state index in [-0.39, 0.29) is 29.4 Å². The van der Waals surface area contributed by atoms with Gasteiger partial charge >= 0.3 is 5.97 Å². The number of rotatable bonds is 7. The normalized spacial score (nSPS) is 11.4. The van der Waals surface area contributed by atoms with Gasteiger partial charge in [-0.25, -0.2) is 21.9 Å². The van der Waals surface area contributed by atoms with E-state index in [9.17, 15) is 17.6 Å². The molecule has 2 rings (SSSR count).